The molecule has 0 aliphatic heterocycles. The molecular weight excluding hydrogens is 309 g/mol. The van der Waals surface area contributed by atoms with E-state index in [1.54, 1.807) is 13.2 Å². The van der Waals surface area contributed by atoms with Crippen LogP contribution in [-0.4, -0.2) is 7.11 Å². The summed E-state index contributed by atoms with van der Waals surface area (Å²) in [6.45, 7) is 1.32. The highest BCUT2D eigenvalue weighted by Gasteiger charge is 2.04. The predicted molar refractivity (Wildman–Crippen MR) is 77.6 cm³/mol. The van der Waals surface area contributed by atoms with Gasteiger partial charge in [0.2, 0.25) is 0 Å². The quantitative estimate of drug-likeness (QED) is 0.901. The summed E-state index contributed by atoms with van der Waals surface area (Å²) in [4.78, 5) is 0. The molecule has 0 heterocycles. The van der Waals surface area contributed by atoms with Crippen LogP contribution < -0.4 is 10.1 Å². The summed E-state index contributed by atoms with van der Waals surface area (Å²) in [6.07, 6.45) is 0. The van der Waals surface area contributed by atoms with E-state index >= 15 is 0 Å². The zero-order chi connectivity index (χ0) is 13.7. The molecular formula is C15H15BrFNO. The van der Waals surface area contributed by atoms with Crippen LogP contribution in [0.5, 0.6) is 5.75 Å². The van der Waals surface area contributed by atoms with Crippen molar-refractivity contribution in [3.8, 4) is 5.75 Å². The molecule has 4 heteroatoms. The van der Waals surface area contributed by atoms with Gasteiger partial charge in [0.1, 0.15) is 11.6 Å². The molecule has 2 rings (SSSR count). The molecule has 100 valence electrons. The highest BCUT2D eigenvalue weighted by atomic mass is 79.9. The van der Waals surface area contributed by atoms with Crippen molar-refractivity contribution in [3.63, 3.8) is 0 Å². The summed E-state index contributed by atoms with van der Waals surface area (Å²) in [5.41, 5.74) is 2.04. The average Bonchev–Trinajstić information content (AvgIpc) is 2.44. The fourth-order valence-electron chi connectivity index (χ4n) is 1.81. The normalized spacial score (nSPS) is 10.5. The third-order valence-electron chi connectivity index (χ3n) is 2.81. The van der Waals surface area contributed by atoms with E-state index in [-0.39, 0.29) is 5.82 Å². The fourth-order valence-corrected chi connectivity index (χ4v) is 2.21. The van der Waals surface area contributed by atoms with Crippen LogP contribution in [0, 0.1) is 5.82 Å². The van der Waals surface area contributed by atoms with Crippen LogP contribution >= 0.6 is 15.9 Å². The Morgan fingerprint density at radius 2 is 1.95 bits per heavy atom. The molecule has 1 N–H and O–H groups in total. The molecule has 0 atom stereocenters. The lowest BCUT2D eigenvalue weighted by Crippen LogP contribution is -2.13. The van der Waals surface area contributed by atoms with Gasteiger partial charge in [-0.2, -0.15) is 0 Å². The first-order valence-electron chi connectivity index (χ1n) is 5.97. The minimum absolute atomic E-state index is 0.235. The second-order valence-electron chi connectivity index (χ2n) is 4.17. The number of ether oxygens (including phenoxy) is 1. The summed E-state index contributed by atoms with van der Waals surface area (Å²) >= 11 is 3.25. The molecule has 0 bridgehead atoms. The molecule has 0 aromatic heterocycles. The summed E-state index contributed by atoms with van der Waals surface area (Å²) in [5.74, 6) is 0.604. The number of rotatable bonds is 5. The van der Waals surface area contributed by atoms with Crippen molar-refractivity contribution in [2.24, 2.45) is 0 Å². The Kier molecular flexibility index (Phi) is 4.93. The number of hydrogen-bond acceptors (Lipinski definition) is 2. The van der Waals surface area contributed by atoms with E-state index < -0.39 is 0 Å². The van der Waals surface area contributed by atoms with Gasteiger partial charge in [-0.3, -0.25) is 0 Å². The van der Waals surface area contributed by atoms with Crippen molar-refractivity contribution in [2.75, 3.05) is 7.11 Å². The van der Waals surface area contributed by atoms with Gasteiger partial charge in [0.25, 0.3) is 0 Å². The fraction of sp³-hybridized carbons (Fsp3) is 0.200. The largest absolute Gasteiger partial charge is 0.497 e. The molecule has 0 amide bonds. The molecule has 2 aromatic carbocycles. The number of halogens is 2. The van der Waals surface area contributed by atoms with E-state index in [1.165, 1.54) is 6.07 Å². The van der Waals surface area contributed by atoms with Gasteiger partial charge in [0, 0.05) is 13.1 Å². The molecule has 0 saturated carbocycles. The Hall–Kier alpha value is -1.39. The Bertz CT molecular complexity index is 560. The topological polar surface area (TPSA) is 21.3 Å². The SMILES string of the molecule is COc1cccc(CNCc2cccc(F)c2Br)c1. The van der Waals surface area contributed by atoms with Crippen LogP contribution in [0.25, 0.3) is 0 Å². The Labute approximate surface area is 120 Å². The van der Waals surface area contributed by atoms with Gasteiger partial charge in [-0.05, 0) is 45.3 Å². The lowest BCUT2D eigenvalue weighted by Gasteiger charge is -2.08. The van der Waals surface area contributed by atoms with Gasteiger partial charge in [-0.25, -0.2) is 4.39 Å². The zero-order valence-corrected chi connectivity index (χ0v) is 12.2. The number of nitrogens with one attached hydrogen (secondary N) is 1. The van der Waals surface area contributed by atoms with Crippen LogP contribution in [0.2, 0.25) is 0 Å². The second-order valence-corrected chi connectivity index (χ2v) is 4.96. The molecule has 0 fully saturated rings. The third-order valence-corrected chi connectivity index (χ3v) is 3.70. The molecule has 19 heavy (non-hydrogen) atoms. The number of benzene rings is 2. The lowest BCUT2D eigenvalue weighted by molar-refractivity contribution is 0.414. The van der Waals surface area contributed by atoms with Gasteiger partial charge in [-0.15, -0.1) is 0 Å². The van der Waals surface area contributed by atoms with Crippen molar-refractivity contribution in [1.82, 2.24) is 5.32 Å². The minimum Gasteiger partial charge on any atom is -0.497 e. The van der Waals surface area contributed by atoms with Gasteiger partial charge in [-0.1, -0.05) is 24.3 Å². The molecule has 0 aliphatic rings. The van der Waals surface area contributed by atoms with Gasteiger partial charge in [0.15, 0.2) is 0 Å². The second kappa shape index (κ2) is 6.68. The summed E-state index contributed by atoms with van der Waals surface area (Å²) < 4.78 is 19.0. The van der Waals surface area contributed by atoms with Crippen molar-refractivity contribution >= 4 is 15.9 Å². The predicted octanol–water partition coefficient (Wildman–Crippen LogP) is 3.89. The van der Waals surface area contributed by atoms with Crippen molar-refractivity contribution in [3.05, 3.63) is 63.9 Å². The first-order chi connectivity index (χ1) is 9.20. The summed E-state index contributed by atoms with van der Waals surface area (Å²) in [7, 11) is 1.65. The van der Waals surface area contributed by atoms with Crippen LogP contribution in [0.4, 0.5) is 4.39 Å². The van der Waals surface area contributed by atoms with E-state index in [0.29, 0.717) is 17.6 Å². The van der Waals surface area contributed by atoms with Crippen molar-refractivity contribution in [2.45, 2.75) is 13.1 Å². The van der Waals surface area contributed by atoms with Crippen LogP contribution in [0.1, 0.15) is 11.1 Å². The van der Waals surface area contributed by atoms with E-state index in [0.717, 1.165) is 16.9 Å². The number of hydrogen-bond donors (Lipinski definition) is 1. The standard InChI is InChI=1S/C15H15BrFNO/c1-19-13-6-2-4-11(8-13)9-18-10-12-5-3-7-14(17)15(12)16/h2-8,18H,9-10H2,1H3. The molecule has 0 spiro atoms. The van der Waals surface area contributed by atoms with Crippen LogP contribution in [-0.2, 0) is 13.1 Å². The first-order valence-corrected chi connectivity index (χ1v) is 6.76. The van der Waals surface area contributed by atoms with E-state index in [1.807, 2.05) is 30.3 Å². The molecule has 2 nitrogen and oxygen atoms in total. The smallest absolute Gasteiger partial charge is 0.137 e. The van der Waals surface area contributed by atoms with Crippen molar-refractivity contribution < 1.29 is 9.13 Å². The Morgan fingerprint density at radius 3 is 2.74 bits per heavy atom. The molecule has 2 aromatic rings. The Balaban J connectivity index is 1.94. The Morgan fingerprint density at radius 1 is 1.16 bits per heavy atom. The summed E-state index contributed by atoms with van der Waals surface area (Å²) in [6, 6.07) is 12.9. The molecule has 0 radical (unpaired) electrons. The molecule has 0 saturated heterocycles. The van der Waals surface area contributed by atoms with Crippen molar-refractivity contribution in [1.29, 1.82) is 0 Å². The average molecular weight is 324 g/mol. The maximum Gasteiger partial charge on any atom is 0.137 e. The van der Waals surface area contributed by atoms with Gasteiger partial charge in [0.05, 0.1) is 11.6 Å². The van der Waals surface area contributed by atoms with E-state index in [2.05, 4.69) is 21.2 Å². The van der Waals surface area contributed by atoms with E-state index in [4.69, 9.17) is 4.74 Å². The zero-order valence-electron chi connectivity index (χ0n) is 10.6. The van der Waals surface area contributed by atoms with E-state index in [9.17, 15) is 4.39 Å². The maximum atomic E-state index is 13.3. The highest BCUT2D eigenvalue weighted by Crippen LogP contribution is 2.20. The highest BCUT2D eigenvalue weighted by molar-refractivity contribution is 9.10. The molecule has 0 unspecified atom stereocenters. The van der Waals surface area contributed by atoms with Gasteiger partial charge >= 0.3 is 0 Å². The van der Waals surface area contributed by atoms with Crippen LogP contribution in [0.3, 0.4) is 0 Å². The van der Waals surface area contributed by atoms with Crippen LogP contribution in [0.15, 0.2) is 46.9 Å². The monoisotopic (exact) mass is 323 g/mol. The lowest BCUT2D eigenvalue weighted by atomic mass is 10.2. The summed E-state index contributed by atoms with van der Waals surface area (Å²) in [5, 5.41) is 3.29. The first kappa shape index (κ1) is 14.0. The molecule has 0 aliphatic carbocycles. The van der Waals surface area contributed by atoms with Gasteiger partial charge < -0.3 is 10.1 Å². The maximum absolute atomic E-state index is 13.3. The minimum atomic E-state index is -0.235. The number of methoxy groups -OCH3 is 1. The third kappa shape index (κ3) is 3.78.